The van der Waals surface area contributed by atoms with E-state index in [0.29, 0.717) is 11.3 Å². The van der Waals surface area contributed by atoms with Gasteiger partial charge in [-0.25, -0.2) is 0 Å². The zero-order valence-electron chi connectivity index (χ0n) is 12.3. The van der Waals surface area contributed by atoms with Crippen LogP contribution >= 0.6 is 0 Å². The van der Waals surface area contributed by atoms with Crippen molar-refractivity contribution in [3.8, 4) is 0 Å². The van der Waals surface area contributed by atoms with Gasteiger partial charge in [-0.3, -0.25) is 19.3 Å². The summed E-state index contributed by atoms with van der Waals surface area (Å²) in [5, 5.41) is 0. The average molecular weight is 273 g/mol. The van der Waals surface area contributed by atoms with Gasteiger partial charge in [0.05, 0.1) is 17.8 Å². The maximum absolute atomic E-state index is 12.1. The van der Waals surface area contributed by atoms with E-state index in [4.69, 9.17) is 0 Å². The predicted molar refractivity (Wildman–Crippen MR) is 77.1 cm³/mol. The summed E-state index contributed by atoms with van der Waals surface area (Å²) in [6.07, 6.45) is 0.731. The lowest BCUT2D eigenvalue weighted by atomic mass is 10.0. The molecule has 0 radical (unpaired) electrons. The minimum atomic E-state index is -0.589. The summed E-state index contributed by atoms with van der Waals surface area (Å²) in [5.41, 5.74) is 2.69. The van der Waals surface area contributed by atoms with E-state index >= 15 is 0 Å². The highest BCUT2D eigenvalue weighted by molar-refractivity contribution is 6.53. The number of ketones is 2. The Morgan fingerprint density at radius 1 is 1.20 bits per heavy atom. The molecule has 0 fully saturated rings. The summed E-state index contributed by atoms with van der Waals surface area (Å²) in [7, 11) is 0. The first-order chi connectivity index (χ1) is 9.38. The van der Waals surface area contributed by atoms with Crippen molar-refractivity contribution in [2.24, 2.45) is 5.92 Å². The van der Waals surface area contributed by atoms with Crippen molar-refractivity contribution < 1.29 is 14.4 Å². The Labute approximate surface area is 118 Å². The topological polar surface area (TPSA) is 54.5 Å². The number of aryl methyl sites for hydroxylation is 2. The van der Waals surface area contributed by atoms with Crippen LogP contribution in [0.5, 0.6) is 0 Å². The molecule has 1 aromatic rings. The second kappa shape index (κ2) is 5.19. The van der Waals surface area contributed by atoms with Gasteiger partial charge in [0, 0.05) is 5.92 Å². The van der Waals surface area contributed by atoms with Gasteiger partial charge in [0.1, 0.15) is 0 Å². The number of nitrogens with zero attached hydrogens (tertiary/aromatic N) is 1. The number of fused-ring (bicyclic) bond motifs is 1. The summed E-state index contributed by atoms with van der Waals surface area (Å²) in [6, 6.07) is 3.71. The molecule has 20 heavy (non-hydrogen) atoms. The number of carbonyl (C=O) groups excluding carboxylic acids is 3. The third-order valence-electron chi connectivity index (χ3n) is 4.00. The Hall–Kier alpha value is -1.97. The highest BCUT2D eigenvalue weighted by Crippen LogP contribution is 2.34. The van der Waals surface area contributed by atoms with Crippen molar-refractivity contribution >= 4 is 23.2 Å². The molecule has 4 nitrogen and oxygen atoms in total. The van der Waals surface area contributed by atoms with Crippen molar-refractivity contribution in [2.45, 2.75) is 34.1 Å². The van der Waals surface area contributed by atoms with Crippen LogP contribution in [0.1, 0.15) is 41.8 Å². The van der Waals surface area contributed by atoms with Crippen LogP contribution in [0.4, 0.5) is 5.69 Å². The average Bonchev–Trinajstić information content (AvgIpc) is 2.68. The standard InChI is InChI=1S/C16H19NO3/c1-5-9(2)12(18)8-17-14-11(4)7-6-10(3)13(14)15(19)16(17)20/h6-7,9H,5,8H2,1-4H3. The number of anilines is 1. The molecule has 1 aliphatic rings. The molecule has 0 saturated heterocycles. The van der Waals surface area contributed by atoms with Crippen molar-refractivity contribution in [1.82, 2.24) is 0 Å². The molecule has 1 aliphatic heterocycles. The van der Waals surface area contributed by atoms with Gasteiger partial charge in [0.2, 0.25) is 0 Å². The molecule has 1 unspecified atom stereocenters. The van der Waals surface area contributed by atoms with E-state index in [2.05, 4.69) is 0 Å². The van der Waals surface area contributed by atoms with E-state index in [1.165, 1.54) is 4.90 Å². The van der Waals surface area contributed by atoms with Gasteiger partial charge < -0.3 is 0 Å². The van der Waals surface area contributed by atoms with Gasteiger partial charge in [-0.05, 0) is 31.4 Å². The quantitative estimate of drug-likeness (QED) is 0.792. The predicted octanol–water partition coefficient (Wildman–Crippen LogP) is 2.45. The zero-order chi connectivity index (χ0) is 15.0. The van der Waals surface area contributed by atoms with Crippen LogP contribution in [-0.4, -0.2) is 24.0 Å². The lowest BCUT2D eigenvalue weighted by Gasteiger charge is -2.19. The summed E-state index contributed by atoms with van der Waals surface area (Å²) in [5.74, 6) is -1.21. The molecule has 0 aromatic heterocycles. The van der Waals surface area contributed by atoms with Crippen LogP contribution in [0.2, 0.25) is 0 Å². The highest BCUT2D eigenvalue weighted by atomic mass is 16.2. The minimum absolute atomic E-state index is 0.0117. The van der Waals surface area contributed by atoms with Gasteiger partial charge in [-0.15, -0.1) is 0 Å². The molecule has 0 N–H and O–H groups in total. The molecule has 1 aromatic carbocycles. The van der Waals surface area contributed by atoms with Crippen molar-refractivity contribution in [2.75, 3.05) is 11.4 Å². The van der Waals surface area contributed by atoms with Gasteiger partial charge in [-0.2, -0.15) is 0 Å². The van der Waals surface area contributed by atoms with E-state index in [1.54, 1.807) is 0 Å². The molecule has 2 rings (SSSR count). The number of hydrogen-bond donors (Lipinski definition) is 0. The van der Waals surface area contributed by atoms with Crippen LogP contribution in [0.25, 0.3) is 0 Å². The third kappa shape index (κ3) is 2.15. The molecule has 0 aliphatic carbocycles. The van der Waals surface area contributed by atoms with Gasteiger partial charge >= 0.3 is 0 Å². The Morgan fingerprint density at radius 2 is 1.80 bits per heavy atom. The van der Waals surface area contributed by atoms with Crippen molar-refractivity contribution in [1.29, 1.82) is 0 Å². The summed E-state index contributed by atoms with van der Waals surface area (Å²) < 4.78 is 0. The zero-order valence-corrected chi connectivity index (χ0v) is 12.3. The van der Waals surface area contributed by atoms with E-state index in [-0.39, 0.29) is 18.2 Å². The van der Waals surface area contributed by atoms with Crippen LogP contribution < -0.4 is 4.90 Å². The lowest BCUT2D eigenvalue weighted by molar-refractivity contribution is -0.123. The molecule has 1 amide bonds. The second-order valence-electron chi connectivity index (χ2n) is 5.42. The van der Waals surface area contributed by atoms with Crippen molar-refractivity contribution in [3.05, 3.63) is 28.8 Å². The van der Waals surface area contributed by atoms with Gasteiger partial charge in [0.15, 0.2) is 5.78 Å². The first-order valence-electron chi connectivity index (χ1n) is 6.87. The lowest BCUT2D eigenvalue weighted by Crippen LogP contribution is -2.36. The molecular weight excluding hydrogens is 254 g/mol. The fraction of sp³-hybridized carbons (Fsp3) is 0.438. The molecule has 0 spiro atoms. The SMILES string of the molecule is CCC(C)C(=O)CN1C(=O)C(=O)c2c(C)ccc(C)c21. The van der Waals surface area contributed by atoms with Crippen LogP contribution in [0.15, 0.2) is 12.1 Å². The number of benzene rings is 1. The maximum Gasteiger partial charge on any atom is 0.299 e. The van der Waals surface area contributed by atoms with Crippen LogP contribution in [0.3, 0.4) is 0 Å². The smallest absolute Gasteiger partial charge is 0.297 e. The highest BCUT2D eigenvalue weighted by Gasteiger charge is 2.39. The number of amides is 1. The number of hydrogen-bond acceptors (Lipinski definition) is 3. The first kappa shape index (κ1) is 14.4. The Kier molecular flexibility index (Phi) is 3.75. The molecule has 0 saturated carbocycles. The first-order valence-corrected chi connectivity index (χ1v) is 6.87. The van der Waals surface area contributed by atoms with Crippen LogP contribution in [-0.2, 0) is 9.59 Å². The summed E-state index contributed by atoms with van der Waals surface area (Å²) >= 11 is 0. The maximum atomic E-state index is 12.1. The Morgan fingerprint density at radius 3 is 2.40 bits per heavy atom. The number of carbonyl (C=O) groups is 3. The third-order valence-corrected chi connectivity index (χ3v) is 4.00. The molecule has 4 heteroatoms. The molecular formula is C16H19NO3. The van der Waals surface area contributed by atoms with E-state index in [0.717, 1.165) is 17.5 Å². The van der Waals surface area contributed by atoms with Gasteiger partial charge in [0.25, 0.3) is 11.7 Å². The van der Waals surface area contributed by atoms with E-state index in [1.807, 2.05) is 39.8 Å². The van der Waals surface area contributed by atoms with Crippen LogP contribution in [0, 0.1) is 19.8 Å². The Bertz CT molecular complexity index is 604. The van der Waals surface area contributed by atoms with E-state index in [9.17, 15) is 14.4 Å². The largest absolute Gasteiger partial charge is 0.299 e. The fourth-order valence-electron chi connectivity index (χ4n) is 2.45. The molecule has 106 valence electrons. The summed E-state index contributed by atoms with van der Waals surface area (Å²) in [4.78, 5) is 37.7. The minimum Gasteiger partial charge on any atom is -0.297 e. The Balaban J connectivity index is 2.44. The monoisotopic (exact) mass is 273 g/mol. The molecule has 1 atom stereocenters. The van der Waals surface area contributed by atoms with Gasteiger partial charge in [-0.1, -0.05) is 26.0 Å². The summed E-state index contributed by atoms with van der Waals surface area (Å²) in [6.45, 7) is 7.42. The fourth-order valence-corrected chi connectivity index (χ4v) is 2.45. The normalized spacial score (nSPS) is 15.5. The number of rotatable bonds is 4. The second-order valence-corrected chi connectivity index (χ2v) is 5.42. The van der Waals surface area contributed by atoms with Crippen molar-refractivity contribution in [3.63, 3.8) is 0 Å². The molecule has 1 heterocycles. The number of Topliss-reactive ketones (excluding diaryl/α,β-unsaturated/α-hetero) is 2. The molecule has 0 bridgehead atoms. The van der Waals surface area contributed by atoms with E-state index < -0.39 is 11.7 Å².